The number of aromatic nitrogens is 4. The van der Waals surface area contributed by atoms with Gasteiger partial charge in [0.05, 0.1) is 12.9 Å². The van der Waals surface area contributed by atoms with Gasteiger partial charge in [0.15, 0.2) is 28.4 Å². The fourth-order valence-electron chi connectivity index (χ4n) is 3.34. The highest BCUT2D eigenvalue weighted by Gasteiger charge is 2.44. The van der Waals surface area contributed by atoms with E-state index in [-0.39, 0.29) is 6.61 Å². The third kappa shape index (κ3) is 5.00. The van der Waals surface area contributed by atoms with Crippen molar-refractivity contribution in [3.63, 3.8) is 0 Å². The molecule has 1 aliphatic rings. The van der Waals surface area contributed by atoms with Gasteiger partial charge in [-0.05, 0) is 6.42 Å². The Labute approximate surface area is 174 Å². The number of hydrogen-bond acceptors (Lipinski definition) is 9. The van der Waals surface area contributed by atoms with Crippen LogP contribution in [0.1, 0.15) is 52.7 Å². The van der Waals surface area contributed by atoms with Crippen molar-refractivity contribution in [1.29, 1.82) is 0 Å². The minimum Gasteiger partial charge on any atom is -0.394 e. The number of nitrogens with zero attached hydrogens (tertiary/aromatic N) is 4. The number of aliphatic hydroxyl groups excluding tert-OH is 3. The minimum absolute atomic E-state index is 0.301. The molecule has 1 aliphatic heterocycles. The van der Waals surface area contributed by atoms with E-state index in [1.807, 2.05) is 0 Å². The summed E-state index contributed by atoms with van der Waals surface area (Å²) in [6.07, 6.45) is 2.02. The SMILES string of the molecule is CCCCCCNc1nc(SC(C)C)nc2c1ncn2[C@@H]1O[C@H](CO)[C@@H](O)[C@H]1O. The molecule has 162 valence electrons. The van der Waals surface area contributed by atoms with Crippen LogP contribution in [0.15, 0.2) is 11.5 Å². The van der Waals surface area contributed by atoms with Gasteiger partial charge in [-0.2, -0.15) is 0 Å². The molecule has 0 unspecified atom stereocenters. The van der Waals surface area contributed by atoms with Crippen LogP contribution in [0, 0.1) is 0 Å². The summed E-state index contributed by atoms with van der Waals surface area (Å²) in [4.78, 5) is 13.7. The molecule has 2 aromatic rings. The zero-order valence-electron chi connectivity index (χ0n) is 17.2. The Balaban J connectivity index is 1.91. The molecule has 0 bridgehead atoms. The average molecular weight is 426 g/mol. The van der Waals surface area contributed by atoms with Gasteiger partial charge >= 0.3 is 0 Å². The molecule has 0 aliphatic carbocycles. The highest BCUT2D eigenvalue weighted by Crippen LogP contribution is 2.33. The van der Waals surface area contributed by atoms with Gasteiger partial charge in [-0.25, -0.2) is 15.0 Å². The van der Waals surface area contributed by atoms with Crippen molar-refractivity contribution in [2.45, 2.75) is 81.4 Å². The van der Waals surface area contributed by atoms with Crippen molar-refractivity contribution in [2.24, 2.45) is 0 Å². The predicted molar refractivity (Wildman–Crippen MR) is 112 cm³/mol. The van der Waals surface area contributed by atoms with Gasteiger partial charge in [0.25, 0.3) is 0 Å². The molecule has 0 amide bonds. The molecule has 29 heavy (non-hydrogen) atoms. The van der Waals surface area contributed by atoms with Crippen molar-refractivity contribution in [3.05, 3.63) is 6.33 Å². The van der Waals surface area contributed by atoms with Crippen LogP contribution < -0.4 is 5.32 Å². The summed E-state index contributed by atoms with van der Waals surface area (Å²) in [6, 6.07) is 0. The van der Waals surface area contributed by atoms with E-state index in [1.165, 1.54) is 30.9 Å². The lowest BCUT2D eigenvalue weighted by molar-refractivity contribution is -0.0511. The molecule has 4 atom stereocenters. The molecular formula is C19H31N5O4S. The molecule has 9 nitrogen and oxygen atoms in total. The van der Waals surface area contributed by atoms with Gasteiger partial charge in [0, 0.05) is 11.8 Å². The van der Waals surface area contributed by atoms with E-state index in [0.29, 0.717) is 27.4 Å². The van der Waals surface area contributed by atoms with Gasteiger partial charge in [0.1, 0.15) is 18.3 Å². The molecule has 0 spiro atoms. The Kier molecular flexibility index (Phi) is 7.69. The normalized spacial score (nSPS) is 24.7. The summed E-state index contributed by atoms with van der Waals surface area (Å²) in [7, 11) is 0. The van der Waals surface area contributed by atoms with E-state index in [4.69, 9.17) is 4.74 Å². The van der Waals surface area contributed by atoms with E-state index < -0.39 is 24.5 Å². The third-order valence-electron chi connectivity index (χ3n) is 4.86. The highest BCUT2D eigenvalue weighted by molar-refractivity contribution is 7.99. The van der Waals surface area contributed by atoms with Crippen LogP contribution in [0.5, 0.6) is 0 Å². The van der Waals surface area contributed by atoms with Crippen molar-refractivity contribution in [2.75, 3.05) is 18.5 Å². The van der Waals surface area contributed by atoms with Crippen LogP contribution >= 0.6 is 11.8 Å². The largest absolute Gasteiger partial charge is 0.394 e. The highest BCUT2D eigenvalue weighted by atomic mass is 32.2. The summed E-state index contributed by atoms with van der Waals surface area (Å²) < 4.78 is 7.26. The Bertz CT molecular complexity index is 802. The monoisotopic (exact) mass is 425 g/mol. The van der Waals surface area contributed by atoms with Crippen LogP contribution in [0.25, 0.3) is 11.2 Å². The van der Waals surface area contributed by atoms with Crippen molar-refractivity contribution in [3.8, 4) is 0 Å². The Hall–Kier alpha value is -1.46. The first-order valence-corrected chi connectivity index (χ1v) is 11.1. The summed E-state index contributed by atoms with van der Waals surface area (Å²) in [6.45, 7) is 6.73. The Morgan fingerprint density at radius 1 is 1.21 bits per heavy atom. The van der Waals surface area contributed by atoms with Crippen LogP contribution in [0.4, 0.5) is 5.82 Å². The van der Waals surface area contributed by atoms with E-state index in [9.17, 15) is 15.3 Å². The van der Waals surface area contributed by atoms with Crippen LogP contribution in [-0.2, 0) is 4.74 Å². The fraction of sp³-hybridized carbons (Fsp3) is 0.737. The van der Waals surface area contributed by atoms with Gasteiger partial charge in [-0.3, -0.25) is 4.57 Å². The number of thioether (sulfide) groups is 1. The molecule has 4 N–H and O–H groups in total. The van der Waals surface area contributed by atoms with Crippen molar-refractivity contribution >= 4 is 28.7 Å². The molecule has 2 aromatic heterocycles. The van der Waals surface area contributed by atoms with Crippen molar-refractivity contribution < 1.29 is 20.1 Å². The first-order valence-electron chi connectivity index (χ1n) is 10.2. The molecule has 10 heteroatoms. The van der Waals surface area contributed by atoms with E-state index in [0.717, 1.165) is 19.4 Å². The molecule has 1 saturated heterocycles. The molecule has 0 aromatic carbocycles. The Morgan fingerprint density at radius 2 is 2.00 bits per heavy atom. The number of ether oxygens (including phenoxy) is 1. The maximum atomic E-state index is 10.4. The van der Waals surface area contributed by atoms with Crippen molar-refractivity contribution in [1.82, 2.24) is 19.5 Å². The fourth-order valence-corrected chi connectivity index (χ4v) is 4.04. The Morgan fingerprint density at radius 3 is 2.66 bits per heavy atom. The number of unbranched alkanes of at least 4 members (excludes halogenated alkanes) is 3. The first-order chi connectivity index (χ1) is 14.0. The predicted octanol–water partition coefficient (Wildman–Crippen LogP) is 1.93. The van der Waals surface area contributed by atoms with E-state index in [1.54, 1.807) is 4.57 Å². The number of anilines is 1. The average Bonchev–Trinajstić information content (AvgIpc) is 3.22. The zero-order chi connectivity index (χ0) is 21.0. The van der Waals surface area contributed by atoms with Gasteiger partial charge in [-0.15, -0.1) is 0 Å². The van der Waals surface area contributed by atoms with Crippen LogP contribution in [0.3, 0.4) is 0 Å². The molecule has 0 saturated carbocycles. The molecule has 3 heterocycles. The number of aliphatic hydroxyl groups is 3. The lowest BCUT2D eigenvalue weighted by Gasteiger charge is -2.17. The third-order valence-corrected chi connectivity index (χ3v) is 5.72. The van der Waals surface area contributed by atoms with E-state index in [2.05, 4.69) is 41.0 Å². The second-order valence-corrected chi connectivity index (χ2v) is 9.11. The van der Waals surface area contributed by atoms with Gasteiger partial charge < -0.3 is 25.4 Å². The van der Waals surface area contributed by atoms with E-state index >= 15 is 0 Å². The maximum Gasteiger partial charge on any atom is 0.191 e. The number of imidazole rings is 1. The van der Waals surface area contributed by atoms with Crippen LogP contribution in [0.2, 0.25) is 0 Å². The first kappa shape index (κ1) is 22.2. The summed E-state index contributed by atoms with van der Waals surface area (Å²) in [5.74, 6) is 0.653. The summed E-state index contributed by atoms with van der Waals surface area (Å²) >= 11 is 1.54. The number of fused-ring (bicyclic) bond motifs is 1. The molecule has 0 radical (unpaired) electrons. The lowest BCUT2D eigenvalue weighted by Crippen LogP contribution is -2.33. The van der Waals surface area contributed by atoms with Gasteiger partial charge in [0.2, 0.25) is 0 Å². The van der Waals surface area contributed by atoms with Gasteiger partial charge in [-0.1, -0.05) is 51.8 Å². The second-order valence-electron chi connectivity index (χ2n) is 7.56. The lowest BCUT2D eigenvalue weighted by atomic mass is 10.1. The summed E-state index contributed by atoms with van der Waals surface area (Å²) in [5, 5.41) is 34.1. The number of hydrogen-bond donors (Lipinski definition) is 4. The topological polar surface area (TPSA) is 126 Å². The molecule has 3 rings (SSSR count). The summed E-state index contributed by atoms with van der Waals surface area (Å²) in [5.41, 5.74) is 1.11. The maximum absolute atomic E-state index is 10.4. The quantitative estimate of drug-likeness (QED) is 0.257. The zero-order valence-corrected chi connectivity index (χ0v) is 18.0. The number of nitrogens with one attached hydrogen (secondary N) is 1. The smallest absolute Gasteiger partial charge is 0.191 e. The molecule has 1 fully saturated rings. The number of rotatable bonds is 10. The van der Waals surface area contributed by atoms with Crippen LogP contribution in [-0.4, -0.2) is 71.6 Å². The minimum atomic E-state index is -1.19. The molecular weight excluding hydrogens is 394 g/mol. The standard InChI is InChI=1S/C19H31N5O4S/c1-4-5-6-7-8-20-16-13-17(23-19(22-16)29-11(2)3)24(10-21-13)18-15(27)14(26)12(9-25)28-18/h10-12,14-15,18,25-27H,4-9H2,1-3H3,(H,20,22,23)/t12-,14-,15-,18-/m1/s1. The second kappa shape index (κ2) is 10.0.